The molecule has 0 fully saturated rings. The van der Waals surface area contributed by atoms with E-state index in [1.807, 2.05) is 19.1 Å². The number of hydrogen-bond acceptors (Lipinski definition) is 3. The van der Waals surface area contributed by atoms with Gasteiger partial charge in [-0.25, -0.2) is 13.4 Å². The van der Waals surface area contributed by atoms with Gasteiger partial charge in [0.25, 0.3) is 0 Å². The molecule has 3 rings (SSSR count). The van der Waals surface area contributed by atoms with Gasteiger partial charge in [0.2, 0.25) is 5.52 Å². The normalized spacial score (nSPS) is 10.9. The van der Waals surface area contributed by atoms with E-state index in [2.05, 4.69) is 36.2 Å². The molecule has 0 unspecified atom stereocenters. The Hall–Kier alpha value is -2.24. The molecule has 0 amide bonds. The van der Waals surface area contributed by atoms with Gasteiger partial charge in [-0.3, -0.25) is 0 Å². The predicted octanol–water partition coefficient (Wildman–Crippen LogP) is 2.86. The zero-order chi connectivity index (χ0) is 16.2. The van der Waals surface area contributed by atoms with Crippen LogP contribution in [0, 0.1) is 13.8 Å². The van der Waals surface area contributed by atoms with Crippen molar-refractivity contribution in [1.29, 1.82) is 0 Å². The Morgan fingerprint density at radius 1 is 0.864 bits per heavy atom. The number of pyridine rings is 1. The molecule has 0 saturated carbocycles. The highest BCUT2D eigenvalue weighted by Crippen LogP contribution is 2.08. The molecule has 0 atom stereocenters. The Morgan fingerprint density at radius 3 is 2.14 bits per heavy atom. The minimum Gasteiger partial charge on any atom is -0.744 e. The van der Waals surface area contributed by atoms with Crippen LogP contribution in [-0.2, 0) is 10.1 Å². The third kappa shape index (κ3) is 4.38. The summed E-state index contributed by atoms with van der Waals surface area (Å²) in [7, 11) is -4.27. The molecule has 0 aliphatic heterocycles. The quantitative estimate of drug-likeness (QED) is 0.648. The molecular formula is C17H17NO3S. The van der Waals surface area contributed by atoms with Gasteiger partial charge in [0.1, 0.15) is 10.1 Å². The van der Waals surface area contributed by atoms with Crippen LogP contribution in [0.1, 0.15) is 11.3 Å². The van der Waals surface area contributed by atoms with Crippen molar-refractivity contribution in [2.24, 2.45) is 0 Å². The molecule has 0 aliphatic rings. The van der Waals surface area contributed by atoms with Crippen molar-refractivity contribution in [3.8, 4) is 0 Å². The fourth-order valence-corrected chi connectivity index (χ4v) is 2.40. The molecule has 5 heteroatoms. The van der Waals surface area contributed by atoms with Crippen LogP contribution >= 0.6 is 0 Å². The van der Waals surface area contributed by atoms with Gasteiger partial charge in [0.05, 0.1) is 4.90 Å². The molecular weight excluding hydrogens is 298 g/mol. The van der Waals surface area contributed by atoms with Crippen molar-refractivity contribution < 1.29 is 18.0 Å². The first-order valence-corrected chi connectivity index (χ1v) is 8.17. The van der Waals surface area contributed by atoms with Crippen LogP contribution in [0.4, 0.5) is 0 Å². The van der Waals surface area contributed by atoms with Gasteiger partial charge in [-0.15, -0.1) is 0 Å². The molecule has 1 N–H and O–H groups in total. The number of nitrogens with one attached hydrogen (secondary N) is 1. The van der Waals surface area contributed by atoms with Gasteiger partial charge in [-0.05, 0) is 31.2 Å². The molecule has 1 heterocycles. The molecule has 114 valence electrons. The molecule has 1 aromatic heterocycles. The molecule has 0 spiro atoms. The Bertz CT molecular complexity index is 872. The van der Waals surface area contributed by atoms with Crippen LogP contribution in [0.25, 0.3) is 10.9 Å². The van der Waals surface area contributed by atoms with E-state index in [9.17, 15) is 13.0 Å². The Kier molecular flexibility index (Phi) is 4.90. The van der Waals surface area contributed by atoms with Crippen molar-refractivity contribution in [3.05, 3.63) is 71.9 Å². The minimum atomic E-state index is -4.27. The first kappa shape index (κ1) is 16.1. The van der Waals surface area contributed by atoms with E-state index in [-0.39, 0.29) is 4.90 Å². The van der Waals surface area contributed by atoms with Crippen LogP contribution in [-0.4, -0.2) is 13.0 Å². The first-order chi connectivity index (χ1) is 10.4. The largest absolute Gasteiger partial charge is 0.744 e. The lowest BCUT2D eigenvalue weighted by Crippen LogP contribution is -2.06. The number of benzene rings is 2. The third-order valence-corrected chi connectivity index (χ3v) is 3.96. The summed E-state index contributed by atoms with van der Waals surface area (Å²) in [4.78, 5) is 3.11. The van der Waals surface area contributed by atoms with Crippen molar-refractivity contribution in [2.75, 3.05) is 0 Å². The number of fused-ring (bicyclic) bond motifs is 1. The Morgan fingerprint density at radius 2 is 1.50 bits per heavy atom. The lowest BCUT2D eigenvalue weighted by Gasteiger charge is -2.05. The molecule has 4 nitrogen and oxygen atoms in total. The number of hydrogen-bond donors (Lipinski definition) is 0. The zero-order valence-electron chi connectivity index (χ0n) is 12.4. The second-order valence-electron chi connectivity index (χ2n) is 5.00. The summed E-state index contributed by atoms with van der Waals surface area (Å²) in [6.45, 7) is 3.88. The van der Waals surface area contributed by atoms with E-state index in [0.717, 1.165) is 5.56 Å². The highest BCUT2D eigenvalue weighted by molar-refractivity contribution is 7.85. The third-order valence-electron chi connectivity index (χ3n) is 3.12. The smallest absolute Gasteiger partial charge is 0.210 e. The Balaban J connectivity index is 0.000000160. The van der Waals surface area contributed by atoms with E-state index in [0.29, 0.717) is 0 Å². The van der Waals surface area contributed by atoms with E-state index < -0.39 is 10.1 Å². The first-order valence-electron chi connectivity index (χ1n) is 6.76. The van der Waals surface area contributed by atoms with Crippen LogP contribution in [0.15, 0.2) is 65.6 Å². The number of rotatable bonds is 1. The average molecular weight is 315 g/mol. The minimum absolute atomic E-state index is 0.178. The average Bonchev–Trinajstić information content (AvgIpc) is 2.47. The number of aromatic nitrogens is 1. The van der Waals surface area contributed by atoms with Gasteiger partial charge in [0, 0.05) is 24.4 Å². The summed E-state index contributed by atoms with van der Waals surface area (Å²) in [6.07, 6.45) is 0. The maximum absolute atomic E-state index is 10.4. The molecule has 3 aromatic rings. The molecule has 0 aliphatic carbocycles. The monoisotopic (exact) mass is 315 g/mol. The summed E-state index contributed by atoms with van der Waals surface area (Å²) in [5.41, 5.74) is 3.33. The molecule has 0 bridgehead atoms. The summed E-state index contributed by atoms with van der Waals surface area (Å²) >= 11 is 0. The number of para-hydroxylation sites is 1. The van der Waals surface area contributed by atoms with Crippen LogP contribution in [0.5, 0.6) is 0 Å². The van der Waals surface area contributed by atoms with Crippen molar-refractivity contribution in [3.63, 3.8) is 0 Å². The maximum atomic E-state index is 10.4. The summed E-state index contributed by atoms with van der Waals surface area (Å²) in [6, 6.07) is 18.3. The predicted molar refractivity (Wildman–Crippen MR) is 84.4 cm³/mol. The van der Waals surface area contributed by atoms with Gasteiger partial charge in [-0.2, -0.15) is 0 Å². The SMILES string of the molecule is Cc1ccc(S(=O)(=O)[O-])cc1.Cc1ccc2ccccc2[nH+]1. The fourth-order valence-electron chi connectivity index (χ4n) is 1.93. The van der Waals surface area contributed by atoms with E-state index in [1.54, 1.807) is 12.1 Å². The summed E-state index contributed by atoms with van der Waals surface area (Å²) in [5, 5.41) is 1.26. The number of aromatic amines is 1. The molecule has 0 saturated heterocycles. The number of aryl methyl sites for hydroxylation is 2. The van der Waals surface area contributed by atoms with Crippen LogP contribution < -0.4 is 4.98 Å². The molecule has 0 radical (unpaired) electrons. The van der Waals surface area contributed by atoms with E-state index >= 15 is 0 Å². The zero-order valence-corrected chi connectivity index (χ0v) is 13.2. The fraction of sp³-hybridized carbons (Fsp3) is 0.118. The Labute approximate surface area is 130 Å². The van der Waals surface area contributed by atoms with Crippen LogP contribution in [0.2, 0.25) is 0 Å². The lowest BCUT2D eigenvalue weighted by molar-refractivity contribution is -0.354. The van der Waals surface area contributed by atoms with Crippen LogP contribution in [0.3, 0.4) is 0 Å². The second-order valence-corrected chi connectivity index (χ2v) is 6.38. The van der Waals surface area contributed by atoms with Gasteiger partial charge in [0.15, 0.2) is 5.69 Å². The number of H-pyrrole nitrogens is 1. The summed E-state index contributed by atoms with van der Waals surface area (Å²) in [5.74, 6) is 0. The van der Waals surface area contributed by atoms with Crippen molar-refractivity contribution in [1.82, 2.24) is 0 Å². The van der Waals surface area contributed by atoms with Crippen molar-refractivity contribution in [2.45, 2.75) is 18.7 Å². The standard InChI is InChI=1S/C10H9N.C7H8O3S/c1-8-6-7-9-4-2-3-5-10(9)11-8;1-6-2-4-7(5-3-6)11(8,9)10/h2-7H,1H3;2-5H,1H3,(H,8,9,10). The highest BCUT2D eigenvalue weighted by atomic mass is 32.2. The van der Waals surface area contributed by atoms with Gasteiger partial charge >= 0.3 is 0 Å². The topological polar surface area (TPSA) is 71.3 Å². The summed E-state index contributed by atoms with van der Waals surface area (Å²) < 4.78 is 31.2. The molecule has 22 heavy (non-hydrogen) atoms. The van der Waals surface area contributed by atoms with E-state index in [1.165, 1.54) is 28.7 Å². The van der Waals surface area contributed by atoms with E-state index in [4.69, 9.17) is 0 Å². The highest BCUT2D eigenvalue weighted by Gasteiger charge is 1.98. The molecule has 2 aromatic carbocycles. The maximum Gasteiger partial charge on any atom is 0.210 e. The second kappa shape index (κ2) is 6.68. The van der Waals surface area contributed by atoms with Crippen molar-refractivity contribution >= 4 is 21.0 Å². The van der Waals surface area contributed by atoms with Gasteiger partial charge in [-0.1, -0.05) is 29.8 Å². The lowest BCUT2D eigenvalue weighted by atomic mass is 10.2. The van der Waals surface area contributed by atoms with Gasteiger partial charge < -0.3 is 4.55 Å².